The number of benzene rings is 8. The maximum atomic E-state index is 6.86. The third-order valence-electron chi connectivity index (χ3n) is 17.3. The molecule has 0 saturated heterocycles. The fourth-order valence-corrected chi connectivity index (χ4v) is 14.9. The molecule has 0 spiro atoms. The molecule has 0 radical (unpaired) electrons. The lowest BCUT2D eigenvalue weighted by atomic mass is 9.43. The Labute approximate surface area is 402 Å². The van der Waals surface area contributed by atoms with Crippen LogP contribution in [0.3, 0.4) is 0 Å². The Balaban J connectivity index is 1.21. The second-order valence-electron chi connectivity index (χ2n) is 23.5. The average Bonchev–Trinajstić information content (AvgIpc) is 4.04. The third kappa shape index (κ3) is 4.81. The first-order valence-electron chi connectivity index (χ1n) is 24.7. The van der Waals surface area contributed by atoms with Gasteiger partial charge in [0.1, 0.15) is 11.2 Å². The van der Waals surface area contributed by atoms with E-state index in [1.807, 2.05) is 11.3 Å². The van der Waals surface area contributed by atoms with Crippen LogP contribution in [0.15, 0.2) is 138 Å². The van der Waals surface area contributed by atoms with Crippen molar-refractivity contribution >= 4 is 104 Å². The summed E-state index contributed by atoms with van der Waals surface area (Å²) in [7, 11) is 0. The first-order chi connectivity index (χ1) is 32.6. The van der Waals surface area contributed by atoms with E-state index in [9.17, 15) is 0 Å². The minimum absolute atomic E-state index is 0.0239. The van der Waals surface area contributed by atoms with Crippen molar-refractivity contribution in [3.05, 3.63) is 161 Å². The zero-order valence-electron chi connectivity index (χ0n) is 40.4. The Bertz CT molecular complexity index is 4110. The molecule has 2 aliphatic heterocycles. The normalized spacial score (nSPS) is 17.1. The van der Waals surface area contributed by atoms with Gasteiger partial charge in [0.2, 0.25) is 0 Å². The zero-order chi connectivity index (χ0) is 46.1. The second-order valence-corrected chi connectivity index (χ2v) is 24.6. The van der Waals surface area contributed by atoms with Crippen LogP contribution in [0.4, 0.5) is 11.4 Å². The van der Waals surface area contributed by atoms with Crippen LogP contribution in [0.1, 0.15) is 103 Å². The summed E-state index contributed by atoms with van der Waals surface area (Å²) in [4.78, 5) is 2.74. The Morgan fingerprint density at radius 1 is 0.574 bits per heavy atom. The highest BCUT2D eigenvalue weighted by molar-refractivity contribution is 7.25. The van der Waals surface area contributed by atoms with E-state index in [1.54, 1.807) is 0 Å². The van der Waals surface area contributed by atoms with E-state index in [0.29, 0.717) is 0 Å². The summed E-state index contributed by atoms with van der Waals surface area (Å²) in [5.74, 6) is 0. The van der Waals surface area contributed by atoms with Gasteiger partial charge >= 0.3 is 6.85 Å². The minimum atomic E-state index is -0.273. The van der Waals surface area contributed by atoms with Gasteiger partial charge in [0.05, 0.1) is 11.0 Å². The number of nitrogens with zero attached hydrogens (tertiary/aromatic N) is 2. The van der Waals surface area contributed by atoms with Crippen LogP contribution in [-0.2, 0) is 21.7 Å². The van der Waals surface area contributed by atoms with Gasteiger partial charge in [0.15, 0.2) is 0 Å². The van der Waals surface area contributed by atoms with Crippen molar-refractivity contribution in [2.45, 2.75) is 96.8 Å². The van der Waals surface area contributed by atoms with Gasteiger partial charge < -0.3 is 13.8 Å². The van der Waals surface area contributed by atoms with Crippen molar-refractivity contribution in [1.82, 2.24) is 4.57 Å². The van der Waals surface area contributed by atoms with Crippen LogP contribution < -0.4 is 15.7 Å². The van der Waals surface area contributed by atoms with Crippen LogP contribution >= 0.6 is 11.3 Å². The Morgan fingerprint density at radius 2 is 1.28 bits per heavy atom. The summed E-state index contributed by atoms with van der Waals surface area (Å²) in [6, 6.07) is 51.9. The van der Waals surface area contributed by atoms with Crippen molar-refractivity contribution in [3.8, 4) is 27.9 Å². The maximum absolute atomic E-state index is 6.86. The molecule has 5 heteroatoms. The average molecular weight is 897 g/mol. The molecule has 15 rings (SSSR count). The highest BCUT2D eigenvalue weighted by atomic mass is 32.1. The number of para-hydroxylation sites is 1. The number of thiophene rings is 1. The van der Waals surface area contributed by atoms with Gasteiger partial charge in [-0.2, -0.15) is 0 Å². The standard InChI is InChI=1S/C63H53BN2OS/c1-60(2,3)34-22-24-35(25-23-34)66-48-33-53-40(37-17-12-15-21-52(37)68-53)28-41(48)56-57-54(38-18-10-13-19-43(38)63(57,8)9)55-42-29-44-45(62(6,7)27-26-61(44,4)5)31-47(42)65-49-32-51-39(36-16-11-14-20-50(36)67-51)30-46(49)64(66)58(56)59(55)65/h10-25,28-33H,26-27H2,1-9H3. The van der Waals surface area contributed by atoms with Crippen molar-refractivity contribution in [3.63, 3.8) is 0 Å². The fraction of sp³-hybridized carbons (Fsp3) is 0.238. The van der Waals surface area contributed by atoms with Gasteiger partial charge in [-0.05, 0) is 133 Å². The summed E-state index contributed by atoms with van der Waals surface area (Å²) in [6.45, 7) is 21.7. The minimum Gasteiger partial charge on any atom is -0.456 e. The van der Waals surface area contributed by atoms with Gasteiger partial charge in [-0.3, -0.25) is 0 Å². The number of rotatable bonds is 1. The predicted molar refractivity (Wildman–Crippen MR) is 292 cm³/mol. The molecule has 2 aliphatic carbocycles. The van der Waals surface area contributed by atoms with Crippen LogP contribution in [0.25, 0.3) is 91.9 Å². The third-order valence-corrected chi connectivity index (χ3v) is 18.5. The van der Waals surface area contributed by atoms with Crippen molar-refractivity contribution in [1.29, 1.82) is 0 Å². The van der Waals surface area contributed by atoms with E-state index < -0.39 is 0 Å². The molecule has 0 atom stereocenters. The molecule has 3 nitrogen and oxygen atoms in total. The first kappa shape index (κ1) is 39.4. The number of aromatic nitrogens is 1. The van der Waals surface area contributed by atoms with E-state index in [-0.39, 0.29) is 28.5 Å². The lowest BCUT2D eigenvalue weighted by Crippen LogP contribution is -2.61. The molecule has 0 N–H and O–H groups in total. The van der Waals surface area contributed by atoms with Crippen LogP contribution in [-0.4, -0.2) is 11.4 Å². The summed E-state index contributed by atoms with van der Waals surface area (Å²) >= 11 is 1.92. The zero-order valence-corrected chi connectivity index (χ0v) is 41.2. The number of fused-ring (bicyclic) bond motifs is 20. The summed E-state index contributed by atoms with van der Waals surface area (Å²) in [5, 5.41) is 7.74. The Kier molecular flexibility index (Phi) is 7.28. The van der Waals surface area contributed by atoms with Crippen LogP contribution in [0.2, 0.25) is 0 Å². The fourth-order valence-electron chi connectivity index (χ4n) is 13.8. The topological polar surface area (TPSA) is 21.3 Å². The molecule has 0 amide bonds. The molecule has 4 aliphatic rings. The van der Waals surface area contributed by atoms with E-state index >= 15 is 0 Å². The molecule has 330 valence electrons. The molecule has 0 bridgehead atoms. The number of hydrogen-bond donors (Lipinski definition) is 0. The number of anilines is 2. The lowest BCUT2D eigenvalue weighted by molar-refractivity contribution is 0.332. The van der Waals surface area contributed by atoms with E-state index in [4.69, 9.17) is 4.42 Å². The molecule has 0 unspecified atom stereocenters. The van der Waals surface area contributed by atoms with Crippen LogP contribution in [0, 0.1) is 0 Å². The smallest absolute Gasteiger partial charge is 0.333 e. The molecular formula is C63H53BN2OS. The monoisotopic (exact) mass is 896 g/mol. The molecule has 5 heterocycles. The first-order valence-corrected chi connectivity index (χ1v) is 25.6. The molecular weight excluding hydrogens is 844 g/mol. The van der Waals surface area contributed by atoms with Gasteiger partial charge in [-0.25, -0.2) is 0 Å². The van der Waals surface area contributed by atoms with Crippen LogP contribution in [0.5, 0.6) is 0 Å². The Morgan fingerprint density at radius 3 is 2.06 bits per heavy atom. The molecule has 3 aromatic heterocycles. The summed E-state index contributed by atoms with van der Waals surface area (Å²) in [5.41, 5.74) is 23.4. The van der Waals surface area contributed by atoms with Crippen molar-refractivity contribution < 1.29 is 4.42 Å². The van der Waals surface area contributed by atoms with Gasteiger partial charge in [0, 0.05) is 75.8 Å². The lowest BCUT2D eigenvalue weighted by Gasteiger charge is -2.44. The highest BCUT2D eigenvalue weighted by Crippen LogP contribution is 2.60. The van der Waals surface area contributed by atoms with Crippen molar-refractivity contribution in [2.24, 2.45) is 0 Å². The molecule has 8 aromatic carbocycles. The molecule has 68 heavy (non-hydrogen) atoms. The summed E-state index contributed by atoms with van der Waals surface area (Å²) in [6.07, 6.45) is 2.33. The van der Waals surface area contributed by atoms with Crippen molar-refractivity contribution in [2.75, 3.05) is 4.81 Å². The number of hydrogen-bond acceptors (Lipinski definition) is 3. The molecule has 0 saturated carbocycles. The molecule has 0 fully saturated rings. The predicted octanol–water partition coefficient (Wildman–Crippen LogP) is 16.2. The Hall–Kier alpha value is -6.56. The quantitative estimate of drug-likeness (QED) is 0.153. The largest absolute Gasteiger partial charge is 0.456 e. The van der Waals surface area contributed by atoms with Gasteiger partial charge in [0.25, 0.3) is 0 Å². The van der Waals surface area contributed by atoms with E-state index in [0.717, 1.165) is 23.0 Å². The van der Waals surface area contributed by atoms with E-state index in [2.05, 4.69) is 205 Å². The maximum Gasteiger partial charge on any atom is 0.333 e. The molecule has 11 aromatic rings. The SMILES string of the molecule is CC(C)(C)c1ccc(N2B3c4cc5c(cc4-n4c6cc7c(cc6c6c8c(c(c3c64)-c3cc4c(cc32)sc2ccccc24)C(C)(C)c2ccccc2-8)C(C)(C)CCC7(C)C)oc2ccccc25)cc1. The number of furan rings is 1. The second kappa shape index (κ2) is 12.6. The highest BCUT2D eigenvalue weighted by Gasteiger charge is 2.51. The summed E-state index contributed by atoms with van der Waals surface area (Å²) < 4.78 is 12.2. The van der Waals surface area contributed by atoms with Gasteiger partial charge in [-0.15, -0.1) is 11.3 Å². The van der Waals surface area contributed by atoms with Gasteiger partial charge in [-0.1, -0.05) is 141 Å². The van der Waals surface area contributed by atoms with E-state index in [1.165, 1.54) is 132 Å².